The Balaban J connectivity index is 1.87. The van der Waals surface area contributed by atoms with Crippen molar-refractivity contribution in [1.29, 1.82) is 0 Å². The minimum Gasteiger partial charge on any atom is -0.469 e. The molecular weight excluding hydrogens is 337 g/mol. The maximum Gasteiger partial charge on any atom is 0.103 e. The van der Waals surface area contributed by atoms with E-state index in [0.717, 1.165) is 25.0 Å². The largest absolute Gasteiger partial charge is 0.469 e. The Morgan fingerprint density at radius 3 is 2.61 bits per heavy atom. The molecule has 1 aromatic heterocycles. The number of nitrogens with one attached hydrogen (secondary N) is 1. The van der Waals surface area contributed by atoms with E-state index < -0.39 is 0 Å². The molecule has 2 aromatic rings. The van der Waals surface area contributed by atoms with Crippen molar-refractivity contribution in [2.24, 2.45) is 0 Å². The first-order valence-electron chi connectivity index (χ1n) is 6.22. The lowest BCUT2D eigenvalue weighted by molar-refractivity contribution is 0.460. The van der Waals surface area contributed by atoms with Gasteiger partial charge in [0.2, 0.25) is 0 Å². The maximum absolute atomic E-state index is 5.37. The van der Waals surface area contributed by atoms with Crippen LogP contribution in [0.15, 0.2) is 47.1 Å². The topological polar surface area (TPSA) is 25.2 Å². The fraction of sp³-hybridized carbons (Fsp3) is 0.333. The normalized spacial score (nSPS) is 12.6. The van der Waals surface area contributed by atoms with Gasteiger partial charge < -0.3 is 9.73 Å². The zero-order chi connectivity index (χ0) is 12.8. The molecule has 0 saturated heterocycles. The highest BCUT2D eigenvalue weighted by Crippen LogP contribution is 2.12. The van der Waals surface area contributed by atoms with Gasteiger partial charge in [-0.15, -0.1) is 0 Å². The van der Waals surface area contributed by atoms with E-state index in [4.69, 9.17) is 4.42 Å². The second kappa shape index (κ2) is 6.95. The van der Waals surface area contributed by atoms with Crippen LogP contribution in [0, 0.1) is 3.57 Å². The minimum absolute atomic E-state index is 0.496. The number of hydrogen-bond acceptors (Lipinski definition) is 2. The zero-order valence-electron chi connectivity index (χ0n) is 10.5. The molecule has 1 aromatic carbocycles. The molecule has 2 rings (SSSR count). The number of benzene rings is 1. The van der Waals surface area contributed by atoms with Crippen LogP contribution in [0.2, 0.25) is 0 Å². The van der Waals surface area contributed by atoms with Crippen molar-refractivity contribution in [3.63, 3.8) is 0 Å². The van der Waals surface area contributed by atoms with E-state index in [2.05, 4.69) is 52.2 Å². The summed E-state index contributed by atoms with van der Waals surface area (Å²) in [6.07, 6.45) is 4.88. The summed E-state index contributed by atoms with van der Waals surface area (Å²) in [6, 6.07) is 13.2. The summed E-state index contributed by atoms with van der Waals surface area (Å²) >= 11 is 2.34. The van der Waals surface area contributed by atoms with Crippen molar-refractivity contribution in [3.8, 4) is 0 Å². The SMILES string of the molecule is CNC(CCc1ccco1)Cc1ccc(I)cc1. The molecule has 1 atom stereocenters. The van der Waals surface area contributed by atoms with Crippen LogP contribution >= 0.6 is 22.6 Å². The van der Waals surface area contributed by atoms with Crippen LogP contribution in [-0.2, 0) is 12.8 Å². The average Bonchev–Trinajstić information content (AvgIpc) is 2.90. The summed E-state index contributed by atoms with van der Waals surface area (Å²) in [5.74, 6) is 1.07. The number of furan rings is 1. The Morgan fingerprint density at radius 2 is 2.00 bits per heavy atom. The summed E-state index contributed by atoms with van der Waals surface area (Å²) in [4.78, 5) is 0. The highest BCUT2D eigenvalue weighted by molar-refractivity contribution is 14.1. The van der Waals surface area contributed by atoms with Crippen molar-refractivity contribution in [2.45, 2.75) is 25.3 Å². The first-order chi connectivity index (χ1) is 8.78. The van der Waals surface area contributed by atoms with Gasteiger partial charge in [-0.05, 0) is 72.3 Å². The van der Waals surface area contributed by atoms with Gasteiger partial charge in [-0.3, -0.25) is 0 Å². The molecule has 0 aliphatic carbocycles. The Hall–Kier alpha value is -0.810. The third-order valence-corrected chi connectivity index (χ3v) is 3.84. The second-order valence-electron chi connectivity index (χ2n) is 4.43. The Morgan fingerprint density at radius 1 is 1.22 bits per heavy atom. The molecule has 3 heteroatoms. The third-order valence-electron chi connectivity index (χ3n) is 3.12. The van der Waals surface area contributed by atoms with Gasteiger partial charge in [-0.25, -0.2) is 0 Å². The minimum atomic E-state index is 0.496. The lowest BCUT2D eigenvalue weighted by atomic mass is 10.0. The van der Waals surface area contributed by atoms with Crippen molar-refractivity contribution < 1.29 is 4.42 Å². The van der Waals surface area contributed by atoms with Gasteiger partial charge in [0.05, 0.1) is 6.26 Å². The standard InChI is InChI=1S/C15H18INO/c1-17-14(8-9-15-3-2-10-18-15)11-12-4-6-13(16)7-5-12/h2-7,10,14,17H,8-9,11H2,1H3. The fourth-order valence-corrected chi connectivity index (χ4v) is 2.38. The molecule has 1 unspecified atom stereocenters. The molecule has 1 heterocycles. The smallest absolute Gasteiger partial charge is 0.103 e. The van der Waals surface area contributed by atoms with E-state index in [-0.39, 0.29) is 0 Å². The van der Waals surface area contributed by atoms with E-state index in [0.29, 0.717) is 6.04 Å². The summed E-state index contributed by atoms with van der Waals surface area (Å²) in [5, 5.41) is 3.38. The van der Waals surface area contributed by atoms with Crippen LogP contribution in [0.25, 0.3) is 0 Å². The van der Waals surface area contributed by atoms with Crippen molar-refractivity contribution in [3.05, 3.63) is 57.6 Å². The summed E-state index contributed by atoms with van der Waals surface area (Å²) in [7, 11) is 2.03. The van der Waals surface area contributed by atoms with Crippen LogP contribution in [0.4, 0.5) is 0 Å². The van der Waals surface area contributed by atoms with Gasteiger partial charge in [-0.1, -0.05) is 12.1 Å². The van der Waals surface area contributed by atoms with Gasteiger partial charge >= 0.3 is 0 Å². The van der Waals surface area contributed by atoms with Crippen molar-refractivity contribution in [2.75, 3.05) is 7.05 Å². The molecule has 18 heavy (non-hydrogen) atoms. The van der Waals surface area contributed by atoms with Crippen molar-refractivity contribution >= 4 is 22.6 Å². The van der Waals surface area contributed by atoms with Gasteiger partial charge in [0, 0.05) is 16.0 Å². The first kappa shape index (κ1) is 13.6. The van der Waals surface area contributed by atoms with E-state index in [1.165, 1.54) is 9.13 Å². The maximum atomic E-state index is 5.37. The van der Waals surface area contributed by atoms with Crippen LogP contribution < -0.4 is 5.32 Å². The number of halogens is 1. The van der Waals surface area contributed by atoms with Crippen LogP contribution in [0.5, 0.6) is 0 Å². The number of hydrogen-bond donors (Lipinski definition) is 1. The van der Waals surface area contributed by atoms with Crippen LogP contribution in [0.3, 0.4) is 0 Å². The molecule has 0 fully saturated rings. The molecule has 0 radical (unpaired) electrons. The van der Waals surface area contributed by atoms with Gasteiger partial charge in [0.25, 0.3) is 0 Å². The van der Waals surface area contributed by atoms with Crippen LogP contribution in [0.1, 0.15) is 17.7 Å². The monoisotopic (exact) mass is 355 g/mol. The Bertz CT molecular complexity index is 450. The van der Waals surface area contributed by atoms with Crippen LogP contribution in [-0.4, -0.2) is 13.1 Å². The van der Waals surface area contributed by atoms with E-state index in [1.54, 1.807) is 6.26 Å². The Kier molecular flexibility index (Phi) is 5.26. The molecule has 0 spiro atoms. The van der Waals surface area contributed by atoms with E-state index in [9.17, 15) is 0 Å². The van der Waals surface area contributed by atoms with Crippen molar-refractivity contribution in [1.82, 2.24) is 5.32 Å². The lowest BCUT2D eigenvalue weighted by Gasteiger charge is -2.15. The fourth-order valence-electron chi connectivity index (χ4n) is 2.02. The molecule has 0 aliphatic heterocycles. The summed E-state index contributed by atoms with van der Waals surface area (Å²) in [6.45, 7) is 0. The third kappa shape index (κ3) is 4.14. The van der Waals surface area contributed by atoms with Gasteiger partial charge in [0.1, 0.15) is 5.76 Å². The van der Waals surface area contributed by atoms with E-state index >= 15 is 0 Å². The number of rotatable bonds is 6. The van der Waals surface area contributed by atoms with Gasteiger partial charge in [-0.2, -0.15) is 0 Å². The molecule has 0 saturated carbocycles. The Labute approximate surface area is 122 Å². The molecule has 0 amide bonds. The molecule has 2 nitrogen and oxygen atoms in total. The highest BCUT2D eigenvalue weighted by atomic mass is 127. The predicted molar refractivity (Wildman–Crippen MR) is 82.7 cm³/mol. The molecular formula is C15H18INO. The quantitative estimate of drug-likeness (QED) is 0.801. The van der Waals surface area contributed by atoms with Gasteiger partial charge in [0.15, 0.2) is 0 Å². The molecule has 1 N–H and O–H groups in total. The predicted octanol–water partition coefficient (Wildman–Crippen LogP) is 3.65. The summed E-state index contributed by atoms with van der Waals surface area (Å²) in [5.41, 5.74) is 1.38. The number of likely N-dealkylation sites (N-methyl/N-ethyl adjacent to an activating group) is 1. The first-order valence-corrected chi connectivity index (χ1v) is 7.30. The molecule has 96 valence electrons. The lowest BCUT2D eigenvalue weighted by Crippen LogP contribution is -2.28. The molecule has 0 aliphatic rings. The zero-order valence-corrected chi connectivity index (χ0v) is 12.7. The molecule has 0 bridgehead atoms. The average molecular weight is 355 g/mol. The highest BCUT2D eigenvalue weighted by Gasteiger charge is 2.08. The van der Waals surface area contributed by atoms with E-state index in [1.807, 2.05) is 19.2 Å². The second-order valence-corrected chi connectivity index (χ2v) is 5.68. The number of aryl methyl sites for hydroxylation is 1. The summed E-state index contributed by atoms with van der Waals surface area (Å²) < 4.78 is 6.65.